The molecular formula is C13H21N3O2. The lowest BCUT2D eigenvalue weighted by Crippen LogP contribution is -2.37. The van der Waals surface area contributed by atoms with E-state index in [-0.39, 0.29) is 11.5 Å². The molecule has 1 aromatic heterocycles. The minimum atomic E-state index is 0.0211. The Hall–Kier alpha value is -0.940. The third-order valence-corrected chi connectivity index (χ3v) is 4.22. The smallest absolute Gasteiger partial charge is 0.232 e. The van der Waals surface area contributed by atoms with Crippen molar-refractivity contribution in [3.63, 3.8) is 0 Å². The third-order valence-electron chi connectivity index (χ3n) is 4.22. The number of ether oxygens (including phenoxy) is 1. The number of hydrogen-bond acceptors (Lipinski definition) is 5. The zero-order chi connectivity index (χ0) is 12.6. The molecule has 1 saturated heterocycles. The number of rotatable bonds is 4. The van der Waals surface area contributed by atoms with Crippen LogP contribution in [-0.4, -0.2) is 30.3 Å². The number of nitrogens with one attached hydrogen (secondary N) is 1. The van der Waals surface area contributed by atoms with Gasteiger partial charge in [0.25, 0.3) is 0 Å². The van der Waals surface area contributed by atoms with Crippen molar-refractivity contribution in [3.8, 4) is 0 Å². The summed E-state index contributed by atoms with van der Waals surface area (Å²) in [4.78, 5) is 4.61. The first-order valence-electron chi connectivity index (χ1n) is 6.80. The molecule has 2 aliphatic rings. The van der Waals surface area contributed by atoms with E-state index in [9.17, 15) is 0 Å². The Balaban J connectivity index is 1.79. The van der Waals surface area contributed by atoms with E-state index in [1.165, 1.54) is 12.8 Å². The maximum Gasteiger partial charge on any atom is 0.232 e. The molecule has 1 atom stereocenters. The van der Waals surface area contributed by atoms with Crippen molar-refractivity contribution in [2.45, 2.75) is 44.1 Å². The summed E-state index contributed by atoms with van der Waals surface area (Å²) in [6.45, 7) is 4.25. The predicted molar refractivity (Wildman–Crippen MR) is 66.2 cm³/mol. The van der Waals surface area contributed by atoms with Gasteiger partial charge in [-0.05, 0) is 44.7 Å². The highest BCUT2D eigenvalue weighted by Crippen LogP contribution is 2.42. The molecule has 0 bridgehead atoms. The Kier molecular flexibility index (Phi) is 3.11. The Bertz CT molecular complexity index is 408. The Labute approximate surface area is 107 Å². The lowest BCUT2D eigenvalue weighted by molar-refractivity contribution is 0.0751. The largest absolute Gasteiger partial charge is 0.373 e. The molecule has 0 aromatic carbocycles. The van der Waals surface area contributed by atoms with Crippen LogP contribution in [-0.2, 0) is 10.2 Å². The van der Waals surface area contributed by atoms with Gasteiger partial charge >= 0.3 is 0 Å². The van der Waals surface area contributed by atoms with Gasteiger partial charge in [0.1, 0.15) is 6.10 Å². The highest BCUT2D eigenvalue weighted by molar-refractivity contribution is 5.07. The first kappa shape index (κ1) is 12.1. The number of piperidine rings is 1. The Morgan fingerprint density at radius 3 is 2.72 bits per heavy atom. The summed E-state index contributed by atoms with van der Waals surface area (Å²) in [5.74, 6) is 2.10. The van der Waals surface area contributed by atoms with Crippen LogP contribution >= 0.6 is 0 Å². The highest BCUT2D eigenvalue weighted by atomic mass is 16.5. The molecule has 1 saturated carbocycles. The summed E-state index contributed by atoms with van der Waals surface area (Å²) in [7, 11) is 1.73. The maximum absolute atomic E-state index is 5.50. The van der Waals surface area contributed by atoms with Crippen molar-refractivity contribution < 1.29 is 9.26 Å². The van der Waals surface area contributed by atoms with Crippen molar-refractivity contribution in [1.82, 2.24) is 15.5 Å². The molecule has 0 spiro atoms. The lowest BCUT2D eigenvalue weighted by atomic mass is 9.81. The number of nitrogens with zero attached hydrogens (tertiary/aromatic N) is 2. The SMILES string of the molecule is COC(c1noc(C2(C)CCNCC2)n1)C1CC1. The molecule has 2 heterocycles. The fourth-order valence-corrected chi connectivity index (χ4v) is 2.70. The van der Waals surface area contributed by atoms with E-state index < -0.39 is 0 Å². The van der Waals surface area contributed by atoms with E-state index in [1.54, 1.807) is 7.11 Å². The van der Waals surface area contributed by atoms with Crippen molar-refractivity contribution in [3.05, 3.63) is 11.7 Å². The van der Waals surface area contributed by atoms with Crippen LogP contribution in [0, 0.1) is 5.92 Å². The summed E-state index contributed by atoms with van der Waals surface area (Å²) < 4.78 is 11.0. The van der Waals surface area contributed by atoms with E-state index in [4.69, 9.17) is 9.26 Å². The van der Waals surface area contributed by atoms with Crippen LogP contribution in [0.25, 0.3) is 0 Å². The molecule has 100 valence electrons. The molecule has 2 fully saturated rings. The molecule has 5 heteroatoms. The van der Waals surface area contributed by atoms with Gasteiger partial charge < -0.3 is 14.6 Å². The summed E-state index contributed by atoms with van der Waals surface area (Å²) in [6.07, 6.45) is 4.55. The molecule has 18 heavy (non-hydrogen) atoms. The zero-order valence-corrected chi connectivity index (χ0v) is 11.1. The normalized spacial score (nSPS) is 25.0. The van der Waals surface area contributed by atoms with Crippen molar-refractivity contribution >= 4 is 0 Å². The van der Waals surface area contributed by atoms with Crippen molar-refractivity contribution in [2.24, 2.45) is 5.92 Å². The van der Waals surface area contributed by atoms with Crippen LogP contribution in [0.3, 0.4) is 0 Å². The second-order valence-electron chi connectivity index (χ2n) is 5.76. The fourth-order valence-electron chi connectivity index (χ4n) is 2.70. The van der Waals surface area contributed by atoms with Crippen LogP contribution in [0.2, 0.25) is 0 Å². The number of methoxy groups -OCH3 is 1. The van der Waals surface area contributed by atoms with Gasteiger partial charge in [-0.25, -0.2) is 0 Å². The van der Waals surface area contributed by atoms with Crippen molar-refractivity contribution in [2.75, 3.05) is 20.2 Å². The van der Waals surface area contributed by atoms with Gasteiger partial charge in [0, 0.05) is 12.5 Å². The second-order valence-corrected chi connectivity index (χ2v) is 5.76. The van der Waals surface area contributed by atoms with Crippen LogP contribution in [0.1, 0.15) is 50.4 Å². The second kappa shape index (κ2) is 4.63. The minimum Gasteiger partial charge on any atom is -0.373 e. The van der Waals surface area contributed by atoms with Gasteiger partial charge in [0.15, 0.2) is 0 Å². The monoisotopic (exact) mass is 251 g/mol. The topological polar surface area (TPSA) is 60.2 Å². The van der Waals surface area contributed by atoms with Gasteiger partial charge in [-0.1, -0.05) is 12.1 Å². The standard InChI is InChI=1S/C13H21N3O2/c1-13(5-7-14-8-6-13)12-15-11(16-18-12)10(17-2)9-3-4-9/h9-10,14H,3-8H2,1-2H3. The highest BCUT2D eigenvalue weighted by Gasteiger charge is 2.39. The van der Waals surface area contributed by atoms with E-state index in [0.29, 0.717) is 5.92 Å². The van der Waals surface area contributed by atoms with E-state index >= 15 is 0 Å². The van der Waals surface area contributed by atoms with Crippen LogP contribution in [0.5, 0.6) is 0 Å². The van der Waals surface area contributed by atoms with Crippen LogP contribution < -0.4 is 5.32 Å². The Morgan fingerprint density at radius 1 is 1.39 bits per heavy atom. The van der Waals surface area contributed by atoms with Crippen LogP contribution in [0.15, 0.2) is 4.52 Å². The van der Waals surface area contributed by atoms with Gasteiger partial charge in [-0.2, -0.15) is 4.98 Å². The summed E-state index contributed by atoms with van der Waals surface area (Å²) in [5, 5.41) is 7.50. The summed E-state index contributed by atoms with van der Waals surface area (Å²) in [5.41, 5.74) is 0.0261. The fraction of sp³-hybridized carbons (Fsp3) is 0.846. The number of hydrogen-bond donors (Lipinski definition) is 1. The van der Waals surface area contributed by atoms with Crippen molar-refractivity contribution in [1.29, 1.82) is 0 Å². The molecule has 1 aliphatic carbocycles. The lowest BCUT2D eigenvalue weighted by Gasteiger charge is -2.30. The molecule has 1 aliphatic heterocycles. The third kappa shape index (κ3) is 2.17. The van der Waals surface area contributed by atoms with Gasteiger partial charge in [-0.3, -0.25) is 0 Å². The van der Waals surface area contributed by atoms with E-state index in [1.807, 2.05) is 0 Å². The van der Waals surface area contributed by atoms with E-state index in [2.05, 4.69) is 22.4 Å². The van der Waals surface area contributed by atoms with Gasteiger partial charge in [-0.15, -0.1) is 0 Å². The maximum atomic E-state index is 5.50. The molecule has 1 N–H and O–H groups in total. The summed E-state index contributed by atoms with van der Waals surface area (Å²) >= 11 is 0. The summed E-state index contributed by atoms with van der Waals surface area (Å²) in [6, 6.07) is 0. The van der Waals surface area contributed by atoms with Crippen LogP contribution in [0.4, 0.5) is 0 Å². The molecule has 3 rings (SSSR count). The predicted octanol–water partition coefficient (Wildman–Crippen LogP) is 1.81. The minimum absolute atomic E-state index is 0.0211. The zero-order valence-electron chi connectivity index (χ0n) is 11.1. The van der Waals surface area contributed by atoms with Gasteiger partial charge in [0.2, 0.25) is 11.7 Å². The molecule has 0 radical (unpaired) electrons. The quantitative estimate of drug-likeness (QED) is 0.884. The average molecular weight is 251 g/mol. The van der Waals surface area contributed by atoms with Gasteiger partial charge in [0.05, 0.1) is 0 Å². The first-order valence-corrected chi connectivity index (χ1v) is 6.80. The molecule has 0 amide bonds. The molecule has 1 unspecified atom stereocenters. The Morgan fingerprint density at radius 2 is 2.11 bits per heavy atom. The first-order chi connectivity index (χ1) is 8.73. The molecule has 5 nitrogen and oxygen atoms in total. The molecular weight excluding hydrogens is 230 g/mol. The van der Waals surface area contributed by atoms with E-state index in [0.717, 1.165) is 37.6 Å². The number of aromatic nitrogens is 2. The average Bonchev–Trinajstić information content (AvgIpc) is 3.07. The molecule has 1 aromatic rings.